The smallest absolute Gasteiger partial charge is 0.214 e. The lowest BCUT2D eigenvalue weighted by molar-refractivity contribution is 0.584. The molecule has 0 bridgehead atoms. The maximum absolute atomic E-state index is 12.2. The van der Waals surface area contributed by atoms with Gasteiger partial charge < -0.3 is 0 Å². The maximum Gasteiger partial charge on any atom is 0.240 e. The van der Waals surface area contributed by atoms with Gasteiger partial charge in [-0.1, -0.05) is 27.7 Å². The minimum Gasteiger partial charge on any atom is -0.214 e. The molecule has 1 rings (SSSR count). The Morgan fingerprint density at radius 3 is 2.25 bits per heavy atom. The van der Waals surface area contributed by atoms with Crippen LogP contribution in [0.5, 0.6) is 0 Å². The minimum atomic E-state index is -3.52. The molecule has 1 aromatic carbocycles. The molecule has 0 amide bonds. The van der Waals surface area contributed by atoms with Crippen LogP contribution in [-0.4, -0.2) is 15.5 Å². The zero-order chi connectivity index (χ0) is 15.5. The molecule has 0 saturated carbocycles. The Labute approximate surface area is 121 Å². The first-order valence-electron chi connectivity index (χ1n) is 6.79. The van der Waals surface area contributed by atoms with Crippen LogP contribution in [0.4, 0.5) is 0 Å². The first kappa shape index (κ1) is 16.7. The summed E-state index contributed by atoms with van der Waals surface area (Å²) in [6.07, 6.45) is 0.818. The average molecular weight is 294 g/mol. The van der Waals surface area contributed by atoms with Crippen LogP contribution in [-0.2, 0) is 10.0 Å². The van der Waals surface area contributed by atoms with Crippen molar-refractivity contribution in [2.75, 3.05) is 7.05 Å². The standard InChI is InChI=1S/C15H22N2O2S/c1-6-11(4)14-7-12(9-16)13(10(2)3)8-15(14)20(18,19)17-5/h7-8,10-11,17H,6H2,1-5H3. The highest BCUT2D eigenvalue weighted by Gasteiger charge is 2.23. The fourth-order valence-corrected chi connectivity index (χ4v) is 3.21. The van der Waals surface area contributed by atoms with E-state index in [4.69, 9.17) is 0 Å². The van der Waals surface area contributed by atoms with E-state index >= 15 is 0 Å². The lowest BCUT2D eigenvalue weighted by Gasteiger charge is -2.19. The molecule has 0 aliphatic carbocycles. The van der Waals surface area contributed by atoms with Crippen molar-refractivity contribution in [3.05, 3.63) is 28.8 Å². The first-order valence-corrected chi connectivity index (χ1v) is 8.28. The van der Waals surface area contributed by atoms with Gasteiger partial charge in [-0.2, -0.15) is 5.26 Å². The number of rotatable bonds is 5. The number of nitrogens with one attached hydrogen (secondary N) is 1. The van der Waals surface area contributed by atoms with Gasteiger partial charge in [0, 0.05) is 0 Å². The van der Waals surface area contributed by atoms with E-state index in [-0.39, 0.29) is 16.7 Å². The van der Waals surface area contributed by atoms with Crippen LogP contribution in [0.15, 0.2) is 17.0 Å². The van der Waals surface area contributed by atoms with Gasteiger partial charge in [-0.15, -0.1) is 0 Å². The average Bonchev–Trinajstić information content (AvgIpc) is 2.44. The molecule has 20 heavy (non-hydrogen) atoms. The normalized spacial score (nSPS) is 13.2. The third-order valence-corrected chi connectivity index (χ3v) is 5.10. The maximum atomic E-state index is 12.2. The zero-order valence-corrected chi connectivity index (χ0v) is 13.5. The van der Waals surface area contributed by atoms with E-state index in [0.29, 0.717) is 11.1 Å². The number of hydrogen-bond acceptors (Lipinski definition) is 3. The molecule has 1 N–H and O–H groups in total. The summed E-state index contributed by atoms with van der Waals surface area (Å²) in [7, 11) is -2.12. The number of nitriles is 1. The molecular weight excluding hydrogens is 272 g/mol. The van der Waals surface area contributed by atoms with Gasteiger partial charge >= 0.3 is 0 Å². The van der Waals surface area contributed by atoms with Crippen LogP contribution in [0, 0.1) is 11.3 Å². The van der Waals surface area contributed by atoms with Gasteiger partial charge in [0.2, 0.25) is 10.0 Å². The molecule has 0 aliphatic rings. The van der Waals surface area contributed by atoms with Crippen molar-refractivity contribution in [1.82, 2.24) is 4.72 Å². The first-order chi connectivity index (χ1) is 9.28. The monoisotopic (exact) mass is 294 g/mol. The topological polar surface area (TPSA) is 70.0 Å². The van der Waals surface area contributed by atoms with Crippen molar-refractivity contribution in [3.63, 3.8) is 0 Å². The lowest BCUT2D eigenvalue weighted by atomic mass is 9.91. The minimum absolute atomic E-state index is 0.0847. The Bertz CT molecular complexity index is 628. The van der Waals surface area contributed by atoms with Crippen molar-refractivity contribution in [3.8, 4) is 6.07 Å². The van der Waals surface area contributed by atoms with E-state index in [1.807, 2.05) is 27.7 Å². The molecule has 0 heterocycles. The Morgan fingerprint density at radius 1 is 1.25 bits per heavy atom. The summed E-state index contributed by atoms with van der Waals surface area (Å²) in [4.78, 5) is 0.289. The summed E-state index contributed by atoms with van der Waals surface area (Å²) < 4.78 is 26.8. The van der Waals surface area contributed by atoms with Gasteiger partial charge in [-0.05, 0) is 48.6 Å². The van der Waals surface area contributed by atoms with E-state index in [9.17, 15) is 13.7 Å². The van der Waals surface area contributed by atoms with Gasteiger partial charge in [-0.25, -0.2) is 13.1 Å². The van der Waals surface area contributed by atoms with Crippen molar-refractivity contribution >= 4 is 10.0 Å². The molecule has 110 valence electrons. The summed E-state index contributed by atoms with van der Waals surface area (Å²) in [6, 6.07) is 5.56. The van der Waals surface area contributed by atoms with Crippen molar-refractivity contribution in [2.24, 2.45) is 0 Å². The summed E-state index contributed by atoms with van der Waals surface area (Å²) in [5.74, 6) is 0.183. The Morgan fingerprint density at radius 2 is 1.85 bits per heavy atom. The third kappa shape index (κ3) is 3.20. The van der Waals surface area contributed by atoms with E-state index in [2.05, 4.69) is 10.8 Å². The van der Waals surface area contributed by atoms with Gasteiger partial charge in [0.15, 0.2) is 0 Å². The van der Waals surface area contributed by atoms with Crippen LogP contribution in [0.3, 0.4) is 0 Å². The van der Waals surface area contributed by atoms with Crippen molar-refractivity contribution in [2.45, 2.75) is 50.8 Å². The molecule has 0 radical (unpaired) electrons. The highest BCUT2D eigenvalue weighted by molar-refractivity contribution is 7.89. The number of hydrogen-bond donors (Lipinski definition) is 1. The Balaban J connectivity index is 3.71. The van der Waals surface area contributed by atoms with Gasteiger partial charge in [0.25, 0.3) is 0 Å². The second-order valence-electron chi connectivity index (χ2n) is 5.26. The molecule has 1 atom stereocenters. The van der Waals surface area contributed by atoms with Crippen molar-refractivity contribution < 1.29 is 8.42 Å². The molecule has 0 spiro atoms. The molecular formula is C15H22N2O2S. The van der Waals surface area contributed by atoms with Crippen molar-refractivity contribution in [1.29, 1.82) is 5.26 Å². The highest BCUT2D eigenvalue weighted by Crippen LogP contribution is 2.31. The van der Waals surface area contributed by atoms with Crippen LogP contribution in [0.1, 0.15) is 62.6 Å². The summed E-state index contributed by atoms with van der Waals surface area (Å²) in [5.41, 5.74) is 2.04. The largest absolute Gasteiger partial charge is 0.240 e. The number of sulfonamides is 1. The van der Waals surface area contributed by atoms with E-state index in [0.717, 1.165) is 12.0 Å². The second-order valence-corrected chi connectivity index (χ2v) is 7.12. The molecule has 0 saturated heterocycles. The van der Waals surface area contributed by atoms with Crippen LogP contribution >= 0.6 is 0 Å². The summed E-state index contributed by atoms with van der Waals surface area (Å²) in [5, 5.41) is 9.28. The van der Waals surface area contributed by atoms with Crippen LogP contribution in [0.2, 0.25) is 0 Å². The number of nitrogens with zero attached hydrogens (tertiary/aromatic N) is 1. The Hall–Kier alpha value is -1.38. The Kier molecular flexibility index (Phi) is 5.32. The fraction of sp³-hybridized carbons (Fsp3) is 0.533. The highest BCUT2D eigenvalue weighted by atomic mass is 32.2. The molecule has 5 heteroatoms. The molecule has 4 nitrogen and oxygen atoms in total. The van der Waals surface area contributed by atoms with Gasteiger partial charge in [0.05, 0.1) is 16.5 Å². The summed E-state index contributed by atoms with van der Waals surface area (Å²) >= 11 is 0. The molecule has 1 aromatic rings. The van der Waals surface area contributed by atoms with Gasteiger partial charge in [-0.3, -0.25) is 0 Å². The van der Waals surface area contributed by atoms with Crippen LogP contribution < -0.4 is 4.72 Å². The number of benzene rings is 1. The molecule has 1 unspecified atom stereocenters. The van der Waals surface area contributed by atoms with Crippen LogP contribution in [0.25, 0.3) is 0 Å². The fourth-order valence-electron chi connectivity index (χ4n) is 2.13. The predicted molar refractivity (Wildman–Crippen MR) is 80.2 cm³/mol. The molecule has 0 aromatic heterocycles. The van der Waals surface area contributed by atoms with E-state index in [1.54, 1.807) is 12.1 Å². The predicted octanol–water partition coefficient (Wildman–Crippen LogP) is 3.10. The van der Waals surface area contributed by atoms with Gasteiger partial charge in [0.1, 0.15) is 0 Å². The SMILES string of the molecule is CCC(C)c1cc(C#N)c(C(C)C)cc1S(=O)(=O)NC. The zero-order valence-electron chi connectivity index (χ0n) is 12.7. The van der Waals surface area contributed by atoms with E-state index in [1.165, 1.54) is 7.05 Å². The molecule has 0 aliphatic heterocycles. The third-order valence-electron chi connectivity index (χ3n) is 3.63. The van der Waals surface area contributed by atoms with E-state index < -0.39 is 10.0 Å². The molecule has 0 fully saturated rings. The lowest BCUT2D eigenvalue weighted by Crippen LogP contribution is -2.21. The quantitative estimate of drug-likeness (QED) is 0.907. The summed E-state index contributed by atoms with van der Waals surface area (Å²) in [6.45, 7) is 7.88. The second kappa shape index (κ2) is 6.38.